The number of urea groups is 1. The van der Waals surface area contributed by atoms with Crippen LogP contribution in [-0.2, 0) is 16.1 Å². The van der Waals surface area contributed by atoms with Crippen molar-refractivity contribution in [1.29, 1.82) is 0 Å². The Labute approximate surface area is 204 Å². The van der Waals surface area contributed by atoms with Crippen molar-refractivity contribution in [3.8, 4) is 0 Å². The van der Waals surface area contributed by atoms with E-state index in [1.807, 2.05) is 28.0 Å². The molecule has 2 aromatic carbocycles. The van der Waals surface area contributed by atoms with Crippen LogP contribution in [0, 0.1) is 6.92 Å². The van der Waals surface area contributed by atoms with Crippen LogP contribution in [0.4, 0.5) is 10.5 Å². The van der Waals surface area contributed by atoms with Gasteiger partial charge in [0, 0.05) is 37.4 Å². The lowest BCUT2D eigenvalue weighted by Crippen LogP contribution is -2.52. The van der Waals surface area contributed by atoms with Crippen LogP contribution in [0.2, 0.25) is 0 Å². The number of halogens is 1. The first kappa shape index (κ1) is 24.5. The van der Waals surface area contributed by atoms with Crippen LogP contribution in [0.15, 0.2) is 42.5 Å². The molecule has 0 aliphatic carbocycles. The van der Waals surface area contributed by atoms with Gasteiger partial charge in [0.25, 0.3) is 5.91 Å². The van der Waals surface area contributed by atoms with Gasteiger partial charge in [-0.3, -0.25) is 9.69 Å². The molecule has 2 aromatic rings. The summed E-state index contributed by atoms with van der Waals surface area (Å²) in [6.07, 6.45) is 0.916. The third-order valence-electron chi connectivity index (χ3n) is 6.03. The van der Waals surface area contributed by atoms with E-state index in [0.717, 1.165) is 50.4 Å². The summed E-state index contributed by atoms with van der Waals surface area (Å²) in [4.78, 5) is 31.7. The lowest BCUT2D eigenvalue weighted by Gasteiger charge is -2.37. The van der Waals surface area contributed by atoms with Crippen LogP contribution < -0.4 is 10.4 Å². The first-order valence-corrected chi connectivity index (χ1v) is 11.9. The van der Waals surface area contributed by atoms with Crippen LogP contribution >= 0.6 is 23.0 Å². The molecule has 1 fully saturated rings. The normalized spacial score (nSPS) is 14.3. The molecule has 3 rings (SSSR count). The third-order valence-corrected chi connectivity index (χ3v) is 6.25. The Bertz CT molecular complexity index is 927. The first-order chi connectivity index (χ1) is 15.5. The molecule has 0 aromatic heterocycles. The average molecular weight is 550 g/mol. The molecule has 172 valence electrons. The summed E-state index contributed by atoms with van der Waals surface area (Å²) in [6, 6.07) is 13.5. The molecule has 0 spiro atoms. The number of anilines is 1. The predicted molar refractivity (Wildman–Crippen MR) is 135 cm³/mol. The molecule has 1 N–H and O–H groups in total. The largest absolute Gasteiger partial charge is 0.324 e. The fraction of sp³-hybridized carbons (Fsp3) is 0.417. The summed E-state index contributed by atoms with van der Waals surface area (Å²) in [6.45, 7) is 11.1. The lowest BCUT2D eigenvalue weighted by molar-refractivity contribution is 0.0829. The van der Waals surface area contributed by atoms with Crippen LogP contribution in [0.1, 0.15) is 40.9 Å². The molecule has 7 nitrogen and oxygen atoms in total. The first-order valence-electron chi connectivity index (χ1n) is 11.0. The number of hydroxylamine groups is 1. The molecule has 32 heavy (non-hydrogen) atoms. The van der Waals surface area contributed by atoms with E-state index in [2.05, 4.69) is 46.5 Å². The predicted octanol–water partition coefficient (Wildman–Crippen LogP) is 4.33. The van der Waals surface area contributed by atoms with E-state index >= 15 is 0 Å². The molecule has 1 aliphatic rings. The van der Waals surface area contributed by atoms with Crippen molar-refractivity contribution in [3.05, 3.63) is 64.7 Å². The summed E-state index contributed by atoms with van der Waals surface area (Å²) < 4.78 is 4.66. The zero-order chi connectivity index (χ0) is 23.1. The van der Waals surface area contributed by atoms with Gasteiger partial charge in [-0.2, -0.15) is 0 Å². The third kappa shape index (κ3) is 5.99. The highest BCUT2D eigenvalue weighted by atomic mass is 127. The van der Waals surface area contributed by atoms with E-state index in [1.54, 1.807) is 35.1 Å². The van der Waals surface area contributed by atoms with Crippen LogP contribution in [0.3, 0.4) is 0 Å². The minimum absolute atomic E-state index is 0.0202. The number of piperazine rings is 1. The number of carbonyl (C=O) groups excluding carboxylic acids is 2. The van der Waals surface area contributed by atoms with Crippen molar-refractivity contribution in [3.63, 3.8) is 0 Å². The summed E-state index contributed by atoms with van der Waals surface area (Å²) in [5.41, 5.74) is 7.13. The molecule has 3 amide bonds. The second-order valence-corrected chi connectivity index (χ2v) is 8.40. The number of benzene rings is 2. The molecular weight excluding hydrogens is 519 g/mol. The number of hydrogen-bond donors (Lipinski definition) is 1. The van der Waals surface area contributed by atoms with Gasteiger partial charge < -0.3 is 9.80 Å². The van der Waals surface area contributed by atoms with Crippen molar-refractivity contribution in [1.82, 2.24) is 15.3 Å². The standard InChI is InChI=1S/C24H31IN4O3/c1-4-20-16-22(11-6-18(20)3)29(24(31)28-14-12-27(5-2)13-15-28)17-19-7-9-21(10-8-19)23(30)26-32-25/h6-11,16H,4-5,12-15,17H2,1-3H3,(H,26,30). The Kier molecular flexibility index (Phi) is 8.89. The topological polar surface area (TPSA) is 65.1 Å². The van der Waals surface area contributed by atoms with Gasteiger partial charge in [-0.05, 0) is 60.8 Å². The van der Waals surface area contributed by atoms with Crippen molar-refractivity contribution >= 4 is 40.6 Å². The maximum atomic E-state index is 13.6. The fourth-order valence-electron chi connectivity index (χ4n) is 3.94. The molecular formula is C24H31IN4O3. The summed E-state index contributed by atoms with van der Waals surface area (Å²) in [5.74, 6) is -0.307. The monoisotopic (exact) mass is 550 g/mol. The number of carbonyl (C=O) groups is 2. The number of nitrogens with one attached hydrogen (secondary N) is 1. The summed E-state index contributed by atoms with van der Waals surface area (Å²) >= 11 is 1.61. The summed E-state index contributed by atoms with van der Waals surface area (Å²) in [7, 11) is 0. The molecule has 1 saturated heterocycles. The SMILES string of the molecule is CCc1cc(N(Cc2ccc(C(=O)NOI)cc2)C(=O)N2CCN(CC)CC2)ccc1C. The maximum absolute atomic E-state index is 13.6. The van der Waals surface area contributed by atoms with Gasteiger partial charge in [-0.1, -0.05) is 32.0 Å². The van der Waals surface area contributed by atoms with E-state index in [-0.39, 0.29) is 11.9 Å². The van der Waals surface area contributed by atoms with Crippen molar-refractivity contribution in [2.75, 3.05) is 37.6 Å². The highest BCUT2D eigenvalue weighted by Crippen LogP contribution is 2.24. The second-order valence-electron chi connectivity index (χ2n) is 7.96. The fourth-order valence-corrected chi connectivity index (χ4v) is 4.14. The van der Waals surface area contributed by atoms with Crippen LogP contribution in [0.5, 0.6) is 0 Å². The Hall–Kier alpha value is -2.17. The Morgan fingerprint density at radius 2 is 1.75 bits per heavy atom. The van der Waals surface area contributed by atoms with Gasteiger partial charge in [0.1, 0.15) is 23.0 Å². The minimum Gasteiger partial charge on any atom is -0.322 e. The van der Waals surface area contributed by atoms with E-state index in [1.165, 1.54) is 11.1 Å². The second kappa shape index (κ2) is 11.6. The van der Waals surface area contributed by atoms with E-state index in [0.29, 0.717) is 12.1 Å². The van der Waals surface area contributed by atoms with Gasteiger partial charge in [0.2, 0.25) is 0 Å². The van der Waals surface area contributed by atoms with Crippen molar-refractivity contribution < 1.29 is 12.8 Å². The molecule has 0 bridgehead atoms. The number of likely N-dealkylation sites (N-methyl/N-ethyl adjacent to an activating group) is 1. The highest BCUT2D eigenvalue weighted by molar-refractivity contribution is 14.1. The van der Waals surface area contributed by atoms with Gasteiger partial charge in [-0.15, -0.1) is 0 Å². The Morgan fingerprint density at radius 1 is 1.06 bits per heavy atom. The zero-order valence-corrected chi connectivity index (χ0v) is 21.1. The number of amides is 3. The Balaban J connectivity index is 1.85. The van der Waals surface area contributed by atoms with Gasteiger partial charge in [0.15, 0.2) is 0 Å². The van der Waals surface area contributed by atoms with Crippen LogP contribution in [0.25, 0.3) is 0 Å². The molecule has 1 heterocycles. The quantitative estimate of drug-likeness (QED) is 0.412. The molecule has 1 aliphatic heterocycles. The number of rotatable bonds is 7. The smallest absolute Gasteiger partial charge is 0.322 e. The molecule has 8 heteroatoms. The van der Waals surface area contributed by atoms with Crippen molar-refractivity contribution in [2.24, 2.45) is 0 Å². The lowest BCUT2D eigenvalue weighted by atomic mass is 10.0. The minimum atomic E-state index is -0.307. The van der Waals surface area contributed by atoms with Gasteiger partial charge in [-0.25, -0.2) is 13.4 Å². The van der Waals surface area contributed by atoms with E-state index in [9.17, 15) is 9.59 Å². The molecule has 0 radical (unpaired) electrons. The number of aryl methyl sites for hydroxylation is 2. The van der Waals surface area contributed by atoms with Gasteiger partial charge in [0.05, 0.1) is 6.54 Å². The Morgan fingerprint density at radius 3 is 2.34 bits per heavy atom. The number of hydrogen-bond acceptors (Lipinski definition) is 4. The average Bonchev–Trinajstić information content (AvgIpc) is 2.83. The van der Waals surface area contributed by atoms with Crippen LogP contribution in [-0.4, -0.2) is 54.5 Å². The maximum Gasteiger partial charge on any atom is 0.324 e. The molecule has 0 unspecified atom stereocenters. The zero-order valence-electron chi connectivity index (χ0n) is 18.9. The molecule has 0 atom stereocenters. The number of nitrogens with zero attached hydrogens (tertiary/aromatic N) is 3. The summed E-state index contributed by atoms with van der Waals surface area (Å²) in [5, 5.41) is 0. The van der Waals surface area contributed by atoms with E-state index < -0.39 is 0 Å². The molecule has 0 saturated carbocycles. The van der Waals surface area contributed by atoms with E-state index in [4.69, 9.17) is 0 Å². The van der Waals surface area contributed by atoms with Gasteiger partial charge >= 0.3 is 6.03 Å². The van der Waals surface area contributed by atoms with Crippen molar-refractivity contribution in [2.45, 2.75) is 33.7 Å². The highest BCUT2D eigenvalue weighted by Gasteiger charge is 2.26.